The number of ether oxygens (including phenoxy) is 1. The molecule has 0 atom stereocenters. The molecule has 0 N–H and O–H groups in total. The van der Waals surface area contributed by atoms with Gasteiger partial charge in [0.2, 0.25) is 11.6 Å². The number of anilines is 3. The van der Waals surface area contributed by atoms with Crippen LogP contribution in [0.25, 0.3) is 45.0 Å². The van der Waals surface area contributed by atoms with E-state index in [0.717, 1.165) is 44.6 Å². The maximum Gasteiger partial charge on any atom is 0.251 e. The van der Waals surface area contributed by atoms with Crippen LogP contribution in [0.15, 0.2) is 126 Å². The van der Waals surface area contributed by atoms with Crippen LogP contribution < -0.4 is 14.2 Å². The number of benzene rings is 4. The molecule has 3 aromatic heterocycles. The summed E-state index contributed by atoms with van der Waals surface area (Å²) in [5.74, 6) is 3.40. The molecule has 0 unspecified atom stereocenters. The van der Waals surface area contributed by atoms with Crippen molar-refractivity contribution in [1.29, 1.82) is 0 Å². The summed E-state index contributed by atoms with van der Waals surface area (Å²) in [5.41, 5.74) is 6.45. The Morgan fingerprint density at radius 3 is 2.02 bits per heavy atom. The molecule has 1 aliphatic rings. The van der Waals surface area contributed by atoms with E-state index in [-0.39, 0.29) is 0 Å². The lowest BCUT2D eigenvalue weighted by Gasteiger charge is -2.27. The van der Waals surface area contributed by atoms with E-state index >= 15 is 0 Å². The number of hydrogen-bond donors (Lipinski definition) is 0. The third-order valence-corrected chi connectivity index (χ3v) is 7.72. The Hall–Kier alpha value is -5.82. The summed E-state index contributed by atoms with van der Waals surface area (Å²) in [5, 5.41) is 0.875. The number of rotatable bonds is 4. The second-order valence-electron chi connectivity index (χ2n) is 10.5. The van der Waals surface area contributed by atoms with Crippen LogP contribution in [0.1, 0.15) is 5.56 Å². The van der Waals surface area contributed by atoms with Gasteiger partial charge in [0.25, 0.3) is 5.88 Å². The van der Waals surface area contributed by atoms with Crippen LogP contribution >= 0.6 is 0 Å². The van der Waals surface area contributed by atoms with Gasteiger partial charge in [-0.25, -0.2) is 14.5 Å². The van der Waals surface area contributed by atoms with Gasteiger partial charge < -0.3 is 9.15 Å². The molecule has 1 aliphatic heterocycles. The van der Waals surface area contributed by atoms with Crippen LogP contribution in [0.4, 0.5) is 17.5 Å². The predicted molar refractivity (Wildman–Crippen MR) is 167 cm³/mol. The van der Waals surface area contributed by atoms with Gasteiger partial charge >= 0.3 is 0 Å². The first kappa shape index (κ1) is 24.9. The van der Waals surface area contributed by atoms with Gasteiger partial charge in [-0.3, -0.25) is 0 Å². The number of hydrogen-bond acceptors (Lipinski definition) is 6. The van der Waals surface area contributed by atoms with E-state index in [2.05, 4.69) is 29.7 Å². The van der Waals surface area contributed by atoms with Gasteiger partial charge in [-0.15, -0.1) is 0 Å². The lowest BCUT2D eigenvalue weighted by Crippen LogP contribution is -2.30. The minimum Gasteiger partial charge on any atom is -0.449 e. The molecule has 4 aromatic carbocycles. The van der Waals surface area contributed by atoms with Crippen LogP contribution in [-0.4, -0.2) is 15.0 Å². The molecule has 8 rings (SSSR count). The number of para-hydroxylation sites is 2. The van der Waals surface area contributed by atoms with Gasteiger partial charge in [-0.1, -0.05) is 78.9 Å². The lowest BCUT2D eigenvalue weighted by atomic mass is 10.0. The fraction of sp³-hybridized carbons (Fsp3) is 0.0556. The molecule has 7 heteroatoms. The highest BCUT2D eigenvalue weighted by molar-refractivity contribution is 6.02. The van der Waals surface area contributed by atoms with Gasteiger partial charge in [0.1, 0.15) is 7.05 Å². The van der Waals surface area contributed by atoms with Gasteiger partial charge in [-0.2, -0.15) is 9.97 Å². The Morgan fingerprint density at radius 1 is 0.674 bits per heavy atom. The van der Waals surface area contributed by atoms with E-state index in [1.54, 1.807) is 0 Å². The van der Waals surface area contributed by atoms with Crippen molar-refractivity contribution in [3.8, 4) is 45.5 Å². The molecule has 4 heterocycles. The minimum atomic E-state index is 0.437. The molecular weight excluding hydrogens is 534 g/mol. The highest BCUT2D eigenvalue weighted by Crippen LogP contribution is 2.55. The molecule has 0 aliphatic carbocycles. The van der Waals surface area contributed by atoms with Crippen molar-refractivity contribution in [2.75, 3.05) is 4.90 Å². The number of aromatic nitrogens is 4. The summed E-state index contributed by atoms with van der Waals surface area (Å²) in [6, 6.07) is 38.1. The lowest BCUT2D eigenvalue weighted by molar-refractivity contribution is -0.660. The molecule has 7 nitrogen and oxygen atoms in total. The fourth-order valence-corrected chi connectivity index (χ4v) is 5.61. The number of nitrogens with zero attached hydrogens (tertiary/aromatic N) is 5. The van der Waals surface area contributed by atoms with Crippen LogP contribution in [0.3, 0.4) is 0 Å². The SMILES string of the molecule is Cc1ccc2c3c(oc2c1-c1cccc[n+]1C)N(c1nc(-c2ccccc2)nc(-c2ccccc2)n1)c1ccccc1O3. The summed E-state index contributed by atoms with van der Waals surface area (Å²) < 4.78 is 15.5. The zero-order chi connectivity index (χ0) is 28.9. The van der Waals surface area contributed by atoms with E-state index in [4.69, 9.17) is 24.1 Å². The molecule has 0 saturated heterocycles. The number of pyridine rings is 1. The minimum absolute atomic E-state index is 0.437. The summed E-state index contributed by atoms with van der Waals surface area (Å²) in [4.78, 5) is 16.9. The van der Waals surface area contributed by atoms with Crippen molar-refractivity contribution in [3.05, 3.63) is 127 Å². The van der Waals surface area contributed by atoms with E-state index in [1.165, 1.54) is 0 Å². The zero-order valence-electron chi connectivity index (χ0n) is 23.6. The molecule has 7 aromatic rings. The van der Waals surface area contributed by atoms with Crippen LogP contribution in [0.5, 0.6) is 11.5 Å². The summed E-state index contributed by atoms with van der Waals surface area (Å²) in [6.45, 7) is 2.10. The van der Waals surface area contributed by atoms with E-state index in [9.17, 15) is 0 Å². The molecule has 0 saturated carbocycles. The van der Waals surface area contributed by atoms with Crippen molar-refractivity contribution in [3.63, 3.8) is 0 Å². The monoisotopic (exact) mass is 560 g/mol. The van der Waals surface area contributed by atoms with Crippen LogP contribution in [0, 0.1) is 6.92 Å². The Labute approximate surface area is 248 Å². The van der Waals surface area contributed by atoms with Crippen molar-refractivity contribution in [2.24, 2.45) is 7.05 Å². The molecule has 43 heavy (non-hydrogen) atoms. The average Bonchev–Trinajstić information content (AvgIpc) is 3.42. The van der Waals surface area contributed by atoms with Crippen molar-refractivity contribution in [1.82, 2.24) is 15.0 Å². The molecule has 0 fully saturated rings. The molecule has 0 bridgehead atoms. The Morgan fingerprint density at radius 2 is 1.33 bits per heavy atom. The van der Waals surface area contributed by atoms with Gasteiger partial charge in [0, 0.05) is 23.3 Å². The third-order valence-electron chi connectivity index (χ3n) is 7.72. The zero-order valence-corrected chi connectivity index (χ0v) is 23.6. The van der Waals surface area contributed by atoms with Crippen LogP contribution in [-0.2, 0) is 7.05 Å². The highest BCUT2D eigenvalue weighted by Gasteiger charge is 2.35. The first-order valence-electron chi connectivity index (χ1n) is 14.1. The average molecular weight is 561 g/mol. The maximum absolute atomic E-state index is 6.81. The summed E-state index contributed by atoms with van der Waals surface area (Å²) in [7, 11) is 2.04. The second kappa shape index (κ2) is 9.92. The van der Waals surface area contributed by atoms with Gasteiger partial charge in [0.15, 0.2) is 34.9 Å². The summed E-state index contributed by atoms with van der Waals surface area (Å²) in [6.07, 6.45) is 2.04. The van der Waals surface area contributed by atoms with E-state index in [0.29, 0.717) is 35.0 Å². The Bertz CT molecular complexity index is 2080. The number of furan rings is 1. The van der Waals surface area contributed by atoms with Crippen LogP contribution in [0.2, 0.25) is 0 Å². The normalized spacial score (nSPS) is 12.1. The predicted octanol–water partition coefficient (Wildman–Crippen LogP) is 8.33. The molecule has 0 amide bonds. The number of aryl methyl sites for hydroxylation is 2. The fourth-order valence-electron chi connectivity index (χ4n) is 5.61. The quantitative estimate of drug-likeness (QED) is 0.202. The van der Waals surface area contributed by atoms with Gasteiger partial charge in [0.05, 0.1) is 16.6 Å². The molecule has 0 radical (unpaired) electrons. The number of fused-ring (bicyclic) bond motifs is 4. The topological polar surface area (TPSA) is 68.2 Å². The largest absolute Gasteiger partial charge is 0.449 e. The third kappa shape index (κ3) is 4.13. The molecule has 206 valence electrons. The maximum atomic E-state index is 6.81. The molecular formula is C36H26N5O2+. The Kier molecular flexibility index (Phi) is 5.75. The second-order valence-corrected chi connectivity index (χ2v) is 10.5. The van der Waals surface area contributed by atoms with Crippen molar-refractivity contribution >= 4 is 28.5 Å². The van der Waals surface area contributed by atoms with Gasteiger partial charge in [-0.05, 0) is 36.8 Å². The smallest absolute Gasteiger partial charge is 0.251 e. The molecule has 0 spiro atoms. The first-order chi connectivity index (χ1) is 21.2. The van der Waals surface area contributed by atoms with Crippen molar-refractivity contribution < 1.29 is 13.7 Å². The summed E-state index contributed by atoms with van der Waals surface area (Å²) >= 11 is 0. The Balaban J connectivity index is 1.41. The standard InChI is InChI=1S/C36H26N5O2/c1-23-20-21-26-31(30(23)28-18-11-12-22-40(28)2)43-35-32(26)42-29-19-10-9-17-27(29)41(35)36-38-33(24-13-5-3-6-14-24)37-34(39-36)25-15-7-4-8-16-25/h3-22H,1-2H3/q+1. The first-order valence-corrected chi connectivity index (χ1v) is 14.1. The van der Waals surface area contributed by atoms with E-state index < -0.39 is 0 Å². The van der Waals surface area contributed by atoms with E-state index in [1.807, 2.05) is 115 Å². The van der Waals surface area contributed by atoms with Crippen molar-refractivity contribution in [2.45, 2.75) is 6.92 Å². The highest BCUT2D eigenvalue weighted by atomic mass is 16.5.